The number of aromatic nitrogens is 2. The molecule has 0 unspecified atom stereocenters. The molecule has 2 aromatic rings. The average molecular weight is 230 g/mol. The predicted octanol–water partition coefficient (Wildman–Crippen LogP) is 1.26. The quantitative estimate of drug-likeness (QED) is 0.825. The first-order valence-electron chi connectivity index (χ1n) is 5.30. The van der Waals surface area contributed by atoms with Crippen LogP contribution in [0, 0.1) is 0 Å². The summed E-state index contributed by atoms with van der Waals surface area (Å²) < 4.78 is 5.49. The Bertz CT molecular complexity index is 487. The molecule has 0 radical (unpaired) electrons. The van der Waals surface area contributed by atoms with Gasteiger partial charge in [-0.15, -0.1) is 0 Å². The first-order valence-corrected chi connectivity index (χ1v) is 5.30. The summed E-state index contributed by atoms with van der Waals surface area (Å²) in [5.74, 6) is 0.888. The van der Waals surface area contributed by atoms with Crippen LogP contribution in [-0.2, 0) is 6.42 Å². The molecule has 17 heavy (non-hydrogen) atoms. The van der Waals surface area contributed by atoms with Gasteiger partial charge in [0.2, 0.25) is 5.95 Å². The monoisotopic (exact) mass is 230 g/mol. The molecule has 4 N–H and O–H groups in total. The molecule has 1 aromatic carbocycles. The van der Waals surface area contributed by atoms with Crippen LogP contribution in [0.1, 0.15) is 5.56 Å². The first-order chi connectivity index (χ1) is 8.25. The van der Waals surface area contributed by atoms with Crippen molar-refractivity contribution in [3.05, 3.63) is 42.1 Å². The van der Waals surface area contributed by atoms with Crippen LogP contribution < -0.4 is 16.2 Å². The molecule has 0 saturated heterocycles. The summed E-state index contributed by atoms with van der Waals surface area (Å²) in [6.45, 7) is 0.529. The zero-order valence-corrected chi connectivity index (χ0v) is 9.34. The third kappa shape index (κ3) is 3.07. The summed E-state index contributed by atoms with van der Waals surface area (Å²) in [6, 6.07) is 10.1. The number of rotatable bonds is 4. The molecular weight excluding hydrogens is 216 g/mol. The van der Waals surface area contributed by atoms with E-state index in [0.29, 0.717) is 12.4 Å². The number of ether oxygens (including phenoxy) is 1. The van der Waals surface area contributed by atoms with E-state index in [9.17, 15) is 0 Å². The van der Waals surface area contributed by atoms with Gasteiger partial charge in [0.05, 0.1) is 12.8 Å². The van der Waals surface area contributed by atoms with Gasteiger partial charge in [0.25, 0.3) is 0 Å². The Labute approximate surface area is 99.5 Å². The Balaban J connectivity index is 1.90. The highest BCUT2D eigenvalue weighted by molar-refractivity contribution is 5.46. The standard InChI is InChI=1S/C12H14N4O/c13-11-10(8-15-12(14)16-11)17-7-6-9-4-2-1-3-5-9/h1-5,8H,6-7H2,(H4,13,14,15,16). The van der Waals surface area contributed by atoms with Crippen LogP contribution >= 0.6 is 0 Å². The minimum atomic E-state index is 0.151. The molecule has 5 nitrogen and oxygen atoms in total. The molecule has 2 rings (SSSR count). The lowest BCUT2D eigenvalue weighted by molar-refractivity contribution is 0.321. The normalized spacial score (nSPS) is 10.1. The summed E-state index contributed by atoms with van der Waals surface area (Å²) >= 11 is 0. The Morgan fingerprint density at radius 3 is 2.59 bits per heavy atom. The SMILES string of the molecule is Nc1ncc(OCCc2ccccc2)c(N)n1. The fourth-order valence-corrected chi connectivity index (χ4v) is 1.43. The van der Waals surface area contributed by atoms with Crippen LogP contribution in [0.3, 0.4) is 0 Å². The molecule has 0 bridgehead atoms. The van der Waals surface area contributed by atoms with Gasteiger partial charge in [-0.25, -0.2) is 4.98 Å². The van der Waals surface area contributed by atoms with E-state index in [-0.39, 0.29) is 11.8 Å². The van der Waals surface area contributed by atoms with Crippen molar-refractivity contribution in [2.45, 2.75) is 6.42 Å². The largest absolute Gasteiger partial charge is 0.488 e. The van der Waals surface area contributed by atoms with Gasteiger partial charge in [0.15, 0.2) is 11.6 Å². The third-order valence-electron chi connectivity index (χ3n) is 2.29. The highest BCUT2D eigenvalue weighted by Gasteiger charge is 2.03. The predicted molar refractivity (Wildman–Crippen MR) is 66.5 cm³/mol. The van der Waals surface area contributed by atoms with E-state index in [1.165, 1.54) is 11.8 Å². The number of benzene rings is 1. The van der Waals surface area contributed by atoms with Gasteiger partial charge in [0, 0.05) is 6.42 Å². The van der Waals surface area contributed by atoms with Gasteiger partial charge >= 0.3 is 0 Å². The van der Waals surface area contributed by atoms with Crippen molar-refractivity contribution < 1.29 is 4.74 Å². The Kier molecular flexibility index (Phi) is 3.40. The molecular formula is C12H14N4O. The highest BCUT2D eigenvalue weighted by Crippen LogP contribution is 2.17. The minimum absolute atomic E-state index is 0.151. The fraction of sp³-hybridized carbons (Fsp3) is 0.167. The number of hydrogen-bond donors (Lipinski definition) is 2. The van der Waals surface area contributed by atoms with Crippen LogP contribution in [0.4, 0.5) is 11.8 Å². The second-order valence-corrected chi connectivity index (χ2v) is 3.56. The maximum absolute atomic E-state index is 5.64. The number of hydrogen-bond acceptors (Lipinski definition) is 5. The van der Waals surface area contributed by atoms with E-state index in [1.54, 1.807) is 0 Å². The van der Waals surface area contributed by atoms with Gasteiger partial charge in [0.1, 0.15) is 0 Å². The van der Waals surface area contributed by atoms with Crippen molar-refractivity contribution in [1.82, 2.24) is 9.97 Å². The second-order valence-electron chi connectivity index (χ2n) is 3.56. The maximum atomic E-state index is 5.64. The van der Waals surface area contributed by atoms with Crippen LogP contribution in [0.15, 0.2) is 36.5 Å². The molecule has 5 heteroatoms. The lowest BCUT2D eigenvalue weighted by Gasteiger charge is -2.07. The smallest absolute Gasteiger partial charge is 0.222 e. The lowest BCUT2D eigenvalue weighted by atomic mass is 10.2. The number of nitrogens with two attached hydrogens (primary N) is 2. The van der Waals surface area contributed by atoms with Crippen molar-refractivity contribution in [2.75, 3.05) is 18.1 Å². The van der Waals surface area contributed by atoms with Crippen LogP contribution in [0.5, 0.6) is 5.75 Å². The summed E-state index contributed by atoms with van der Waals surface area (Å²) in [7, 11) is 0. The Morgan fingerprint density at radius 2 is 1.88 bits per heavy atom. The van der Waals surface area contributed by atoms with Gasteiger partial charge in [-0.3, -0.25) is 0 Å². The number of anilines is 2. The molecule has 1 aromatic heterocycles. The van der Waals surface area contributed by atoms with Crippen molar-refractivity contribution in [3.8, 4) is 5.75 Å². The Morgan fingerprint density at radius 1 is 1.12 bits per heavy atom. The molecule has 88 valence electrons. The average Bonchev–Trinajstić information content (AvgIpc) is 2.33. The minimum Gasteiger partial charge on any atom is -0.488 e. The van der Waals surface area contributed by atoms with Crippen LogP contribution in [0.25, 0.3) is 0 Å². The van der Waals surface area contributed by atoms with Crippen LogP contribution in [-0.4, -0.2) is 16.6 Å². The van der Waals surface area contributed by atoms with Crippen LogP contribution in [0.2, 0.25) is 0 Å². The number of nitrogen functional groups attached to an aromatic ring is 2. The number of nitrogens with zero attached hydrogens (tertiary/aromatic N) is 2. The summed E-state index contributed by atoms with van der Waals surface area (Å²) in [6.07, 6.45) is 2.30. The fourth-order valence-electron chi connectivity index (χ4n) is 1.43. The lowest BCUT2D eigenvalue weighted by Crippen LogP contribution is -2.06. The zero-order chi connectivity index (χ0) is 12.1. The zero-order valence-electron chi connectivity index (χ0n) is 9.34. The Hall–Kier alpha value is -2.30. The molecule has 0 aliphatic heterocycles. The van der Waals surface area contributed by atoms with Crippen molar-refractivity contribution in [3.63, 3.8) is 0 Å². The maximum Gasteiger partial charge on any atom is 0.222 e. The first kappa shape index (κ1) is 11.2. The van der Waals surface area contributed by atoms with E-state index in [1.807, 2.05) is 30.3 Å². The van der Waals surface area contributed by atoms with Gasteiger partial charge < -0.3 is 16.2 Å². The molecule has 0 spiro atoms. The molecule has 0 atom stereocenters. The molecule has 0 aliphatic carbocycles. The topological polar surface area (TPSA) is 87.0 Å². The molecule has 0 aliphatic rings. The summed E-state index contributed by atoms with van der Waals surface area (Å²) in [5.41, 5.74) is 12.2. The van der Waals surface area contributed by atoms with Gasteiger partial charge in [-0.05, 0) is 5.56 Å². The molecule has 1 heterocycles. The van der Waals surface area contributed by atoms with Crippen molar-refractivity contribution in [1.29, 1.82) is 0 Å². The van der Waals surface area contributed by atoms with Gasteiger partial charge in [-0.1, -0.05) is 30.3 Å². The van der Waals surface area contributed by atoms with E-state index in [4.69, 9.17) is 16.2 Å². The van der Waals surface area contributed by atoms with E-state index in [0.717, 1.165) is 6.42 Å². The van der Waals surface area contributed by atoms with E-state index >= 15 is 0 Å². The third-order valence-corrected chi connectivity index (χ3v) is 2.29. The summed E-state index contributed by atoms with van der Waals surface area (Å²) in [4.78, 5) is 7.65. The van der Waals surface area contributed by atoms with Crippen molar-refractivity contribution >= 4 is 11.8 Å². The van der Waals surface area contributed by atoms with E-state index in [2.05, 4.69) is 9.97 Å². The molecule has 0 fully saturated rings. The van der Waals surface area contributed by atoms with E-state index < -0.39 is 0 Å². The van der Waals surface area contributed by atoms with Gasteiger partial charge in [-0.2, -0.15) is 4.98 Å². The summed E-state index contributed by atoms with van der Waals surface area (Å²) in [5, 5.41) is 0. The molecule has 0 amide bonds. The second kappa shape index (κ2) is 5.16. The molecule has 0 saturated carbocycles. The highest BCUT2D eigenvalue weighted by atomic mass is 16.5. The van der Waals surface area contributed by atoms with Crippen molar-refractivity contribution in [2.24, 2.45) is 0 Å².